The molecule has 236 valence electrons. The maximum absolute atomic E-state index is 13.4. The van der Waals surface area contributed by atoms with Crippen molar-refractivity contribution in [1.82, 2.24) is 14.0 Å². The van der Waals surface area contributed by atoms with E-state index in [4.69, 9.17) is 9.47 Å². The molecule has 2 heterocycles. The van der Waals surface area contributed by atoms with Crippen LogP contribution in [-0.4, -0.2) is 44.5 Å². The van der Waals surface area contributed by atoms with Crippen LogP contribution >= 0.6 is 0 Å². The zero-order valence-corrected chi connectivity index (χ0v) is 26.4. The summed E-state index contributed by atoms with van der Waals surface area (Å²) in [6.07, 6.45) is 5.49. The summed E-state index contributed by atoms with van der Waals surface area (Å²) in [5, 5.41) is 12.3. The van der Waals surface area contributed by atoms with Crippen molar-refractivity contribution in [3.05, 3.63) is 89.0 Å². The van der Waals surface area contributed by atoms with E-state index in [1.54, 1.807) is 19.2 Å². The molecule has 2 aliphatic carbocycles. The van der Waals surface area contributed by atoms with E-state index < -0.39 is 27.8 Å². The van der Waals surface area contributed by atoms with Gasteiger partial charge in [0.2, 0.25) is 0 Å². The van der Waals surface area contributed by atoms with Gasteiger partial charge in [-0.1, -0.05) is 55.7 Å². The minimum Gasteiger partial charge on any atom is -0.497 e. The summed E-state index contributed by atoms with van der Waals surface area (Å²) in [6, 6.07) is 20.8. The van der Waals surface area contributed by atoms with Gasteiger partial charge in [-0.25, -0.2) is 4.72 Å². The van der Waals surface area contributed by atoms with Crippen LogP contribution in [-0.2, 0) is 28.0 Å². The number of aromatic nitrogens is 1. The number of amides is 1. The molecule has 1 amide bonds. The fourth-order valence-corrected chi connectivity index (χ4v) is 8.53. The second kappa shape index (κ2) is 11.6. The Labute approximate surface area is 263 Å². The number of rotatable bonds is 9. The number of ether oxygens (including phenoxy) is 2. The molecular weight excluding hydrogens is 590 g/mol. The van der Waals surface area contributed by atoms with Crippen LogP contribution in [0.3, 0.4) is 0 Å². The van der Waals surface area contributed by atoms with Crippen LogP contribution in [0.2, 0.25) is 0 Å². The maximum Gasteiger partial charge on any atom is 0.301 e. The van der Waals surface area contributed by atoms with Crippen molar-refractivity contribution in [2.45, 2.75) is 69.7 Å². The number of nitrogens with one attached hydrogen (secondary N) is 2. The smallest absolute Gasteiger partial charge is 0.301 e. The van der Waals surface area contributed by atoms with Gasteiger partial charge in [0.15, 0.2) is 6.29 Å². The lowest BCUT2D eigenvalue weighted by atomic mass is 9.81. The van der Waals surface area contributed by atoms with Gasteiger partial charge in [0.1, 0.15) is 5.75 Å². The molecule has 1 aromatic heterocycles. The molecule has 4 aromatic rings. The number of carbonyl (C=O) groups excluding carboxylic acids is 1. The Balaban J connectivity index is 1.33. The Morgan fingerprint density at radius 1 is 1.04 bits per heavy atom. The van der Waals surface area contributed by atoms with Gasteiger partial charge in [0, 0.05) is 47.6 Å². The molecule has 0 spiro atoms. The highest BCUT2D eigenvalue weighted by atomic mass is 32.2. The number of aliphatic hydroxyl groups is 1. The first-order chi connectivity index (χ1) is 21.7. The number of nitrogens with zero attached hydrogens (tertiary/aromatic N) is 1. The van der Waals surface area contributed by atoms with Crippen molar-refractivity contribution in [2.24, 2.45) is 5.41 Å². The van der Waals surface area contributed by atoms with Gasteiger partial charge < -0.3 is 19.1 Å². The predicted molar refractivity (Wildman–Crippen MR) is 172 cm³/mol. The minimum atomic E-state index is -4.11. The highest BCUT2D eigenvalue weighted by Crippen LogP contribution is 2.67. The fourth-order valence-electron chi connectivity index (χ4n) is 7.74. The first kappa shape index (κ1) is 30.0. The Morgan fingerprint density at radius 2 is 1.82 bits per heavy atom. The number of methoxy groups -OCH3 is 2. The van der Waals surface area contributed by atoms with E-state index in [9.17, 15) is 18.3 Å². The van der Waals surface area contributed by atoms with Crippen LogP contribution in [0, 0.1) is 5.41 Å². The van der Waals surface area contributed by atoms with E-state index in [1.807, 2.05) is 42.5 Å². The number of carbonyl (C=O) groups is 1. The highest BCUT2D eigenvalue weighted by molar-refractivity contribution is 7.88. The predicted octanol–water partition coefficient (Wildman–Crippen LogP) is 5.58. The lowest BCUT2D eigenvalue weighted by Gasteiger charge is -2.25. The molecule has 2 fully saturated rings. The third-order valence-electron chi connectivity index (χ3n) is 10.1. The first-order valence-corrected chi connectivity index (χ1v) is 17.1. The normalized spacial score (nSPS) is 21.7. The second-order valence-electron chi connectivity index (χ2n) is 12.7. The first-order valence-electron chi connectivity index (χ1n) is 15.7. The van der Waals surface area contributed by atoms with Gasteiger partial charge in [0.25, 0.3) is 5.91 Å². The van der Waals surface area contributed by atoms with E-state index in [2.05, 4.69) is 26.1 Å². The standard InChI is InChI=1S/C35H39N3O6S/c1-43-25-14-16-26-28(18-25)29-19-35(29,34(40)44-2)21-38-30-17-24(13-15-27(30)31(32(26)38)23-11-7-4-8-12-23)33(39)37-45(41,42)36-20-22-9-5-3-6-10-22/h3,5-6,9-10,13-18,23,29,34,36,40H,4,7-8,11-12,19-21H2,1-2H3,(H,37,39). The highest BCUT2D eigenvalue weighted by Gasteiger charge is 2.62. The fraction of sp³-hybridized carbons (Fsp3) is 0.400. The lowest BCUT2D eigenvalue weighted by Crippen LogP contribution is -2.39. The van der Waals surface area contributed by atoms with Crippen LogP contribution in [0.5, 0.6) is 5.75 Å². The van der Waals surface area contributed by atoms with Crippen LogP contribution in [0.1, 0.15) is 77.4 Å². The van der Waals surface area contributed by atoms with Gasteiger partial charge in [0.05, 0.1) is 12.8 Å². The van der Waals surface area contributed by atoms with E-state index >= 15 is 0 Å². The SMILES string of the molecule is COc1ccc2c(c1)C1CC1(C(O)OC)Cn1c-2c(C2CCCCC2)c2ccc(C(=O)NS(=O)(=O)NCc3ccccc3)cc21. The zero-order valence-electron chi connectivity index (χ0n) is 25.6. The average molecular weight is 630 g/mol. The molecule has 7 rings (SSSR count). The van der Waals surface area contributed by atoms with Gasteiger partial charge in [-0.15, -0.1) is 0 Å². The molecule has 45 heavy (non-hydrogen) atoms. The summed E-state index contributed by atoms with van der Waals surface area (Å²) in [4.78, 5) is 13.4. The summed E-state index contributed by atoms with van der Waals surface area (Å²) in [5.74, 6) is 0.500. The van der Waals surface area contributed by atoms with Crippen molar-refractivity contribution < 1.29 is 27.8 Å². The number of hydrogen-bond donors (Lipinski definition) is 3. The Bertz CT molecular complexity index is 1870. The number of benzene rings is 3. The second-order valence-corrected chi connectivity index (χ2v) is 14.2. The molecular formula is C35H39N3O6S. The summed E-state index contributed by atoms with van der Waals surface area (Å²) < 4.78 is 43.7. The molecule has 3 aromatic carbocycles. The van der Waals surface area contributed by atoms with Crippen molar-refractivity contribution in [1.29, 1.82) is 0 Å². The van der Waals surface area contributed by atoms with Gasteiger partial charge in [-0.3, -0.25) is 4.79 Å². The van der Waals surface area contributed by atoms with Crippen LogP contribution < -0.4 is 14.2 Å². The molecule has 2 saturated carbocycles. The Kier molecular flexibility index (Phi) is 7.72. The number of hydrogen-bond acceptors (Lipinski definition) is 6. The summed E-state index contributed by atoms with van der Waals surface area (Å²) in [6.45, 7) is 0.568. The summed E-state index contributed by atoms with van der Waals surface area (Å²) in [5.41, 5.74) is 5.96. The topological polar surface area (TPSA) is 119 Å². The monoisotopic (exact) mass is 629 g/mol. The molecule has 9 nitrogen and oxygen atoms in total. The molecule has 10 heteroatoms. The van der Waals surface area contributed by atoms with Crippen LogP contribution in [0.4, 0.5) is 0 Å². The third-order valence-corrected chi connectivity index (χ3v) is 11.1. The van der Waals surface area contributed by atoms with Gasteiger partial charge in [-0.2, -0.15) is 13.1 Å². The van der Waals surface area contributed by atoms with Crippen molar-refractivity contribution >= 4 is 27.0 Å². The van der Waals surface area contributed by atoms with E-state index in [0.717, 1.165) is 71.1 Å². The molecule has 0 radical (unpaired) electrons. The molecule has 3 N–H and O–H groups in total. The molecule has 1 aliphatic heterocycles. The summed E-state index contributed by atoms with van der Waals surface area (Å²) >= 11 is 0. The number of aliphatic hydroxyl groups excluding tert-OH is 1. The Morgan fingerprint density at radius 3 is 2.56 bits per heavy atom. The third kappa shape index (κ3) is 5.33. The Hall–Kier alpha value is -3.70. The number of fused-ring (bicyclic) bond motifs is 7. The molecule has 3 aliphatic rings. The van der Waals surface area contributed by atoms with Gasteiger partial charge in [-0.05, 0) is 78.1 Å². The molecule has 3 atom stereocenters. The van der Waals surface area contributed by atoms with E-state index in [-0.39, 0.29) is 18.0 Å². The van der Waals surface area contributed by atoms with Crippen molar-refractivity contribution in [3.63, 3.8) is 0 Å². The van der Waals surface area contributed by atoms with E-state index in [0.29, 0.717) is 12.5 Å². The average Bonchev–Trinajstić information content (AvgIpc) is 3.73. The van der Waals surface area contributed by atoms with Crippen LogP contribution in [0.15, 0.2) is 66.7 Å². The molecule has 0 bridgehead atoms. The van der Waals surface area contributed by atoms with Gasteiger partial charge >= 0.3 is 10.2 Å². The summed E-state index contributed by atoms with van der Waals surface area (Å²) in [7, 11) is -0.912. The zero-order chi connectivity index (χ0) is 31.3. The largest absolute Gasteiger partial charge is 0.497 e. The van der Waals surface area contributed by atoms with E-state index in [1.165, 1.54) is 19.1 Å². The quantitative estimate of drug-likeness (QED) is 0.208. The van der Waals surface area contributed by atoms with Crippen molar-refractivity contribution in [2.75, 3.05) is 14.2 Å². The van der Waals surface area contributed by atoms with Crippen molar-refractivity contribution in [3.8, 4) is 17.0 Å². The molecule has 0 saturated heterocycles. The maximum atomic E-state index is 13.4. The lowest BCUT2D eigenvalue weighted by molar-refractivity contribution is -0.128. The molecule has 3 unspecified atom stereocenters. The van der Waals surface area contributed by atoms with Crippen LogP contribution in [0.25, 0.3) is 22.2 Å². The minimum absolute atomic E-state index is 0.0642.